The van der Waals surface area contributed by atoms with Gasteiger partial charge < -0.3 is 9.42 Å². The van der Waals surface area contributed by atoms with E-state index in [4.69, 9.17) is 4.52 Å². The number of likely N-dealkylation sites (tertiary alicyclic amines) is 1. The van der Waals surface area contributed by atoms with Gasteiger partial charge in [-0.25, -0.2) is 0 Å². The molecular formula is C13H13N3O2. The normalized spacial score (nSPS) is 15.3. The van der Waals surface area contributed by atoms with Crippen molar-refractivity contribution in [2.24, 2.45) is 0 Å². The lowest BCUT2D eigenvalue weighted by atomic mass is 10.2. The Bertz CT molecular complexity index is 550. The molecule has 0 saturated carbocycles. The van der Waals surface area contributed by atoms with Crippen LogP contribution < -0.4 is 0 Å². The Morgan fingerprint density at radius 2 is 2.39 bits per heavy atom. The molecule has 2 aromatic rings. The number of pyridine rings is 1. The first-order chi connectivity index (χ1) is 8.83. The highest BCUT2D eigenvalue weighted by Crippen LogP contribution is 2.20. The van der Waals surface area contributed by atoms with E-state index >= 15 is 0 Å². The maximum Gasteiger partial charge on any atom is 0.223 e. The first-order valence-electron chi connectivity index (χ1n) is 5.97. The zero-order valence-corrected chi connectivity index (χ0v) is 9.87. The van der Waals surface area contributed by atoms with E-state index in [-0.39, 0.29) is 5.91 Å². The molecule has 0 aromatic carbocycles. The fourth-order valence-electron chi connectivity index (χ4n) is 2.10. The zero-order valence-electron chi connectivity index (χ0n) is 9.87. The summed E-state index contributed by atoms with van der Waals surface area (Å²) in [6.07, 6.45) is 5.03. The lowest BCUT2D eigenvalue weighted by molar-refractivity contribution is -0.128. The summed E-state index contributed by atoms with van der Waals surface area (Å²) in [6.45, 7) is 1.31. The molecule has 1 saturated heterocycles. The number of amides is 1. The molecule has 1 aliphatic heterocycles. The fourth-order valence-corrected chi connectivity index (χ4v) is 2.10. The molecule has 0 radical (unpaired) electrons. The Hall–Kier alpha value is -2.17. The average molecular weight is 243 g/mol. The second-order valence-corrected chi connectivity index (χ2v) is 4.34. The van der Waals surface area contributed by atoms with Gasteiger partial charge in [-0.15, -0.1) is 0 Å². The number of hydrogen-bond donors (Lipinski definition) is 0. The largest absolute Gasteiger partial charge is 0.359 e. The quantitative estimate of drug-likeness (QED) is 0.825. The fraction of sp³-hybridized carbons (Fsp3) is 0.308. The third-order valence-corrected chi connectivity index (χ3v) is 3.03. The van der Waals surface area contributed by atoms with Gasteiger partial charge in [-0.05, 0) is 18.6 Å². The standard InChI is InChI=1S/C13H13N3O2/c17-13-4-2-6-16(13)9-11-7-12(15-18-11)10-3-1-5-14-8-10/h1,3,5,7-8H,2,4,6,9H2. The first kappa shape index (κ1) is 11.0. The van der Waals surface area contributed by atoms with E-state index in [9.17, 15) is 4.79 Å². The van der Waals surface area contributed by atoms with E-state index in [2.05, 4.69) is 10.1 Å². The van der Waals surface area contributed by atoms with E-state index in [1.165, 1.54) is 0 Å². The minimum Gasteiger partial charge on any atom is -0.359 e. The molecular weight excluding hydrogens is 230 g/mol. The van der Waals surface area contributed by atoms with Crippen molar-refractivity contribution >= 4 is 5.91 Å². The van der Waals surface area contributed by atoms with Gasteiger partial charge in [-0.1, -0.05) is 5.16 Å². The molecule has 0 aliphatic carbocycles. The molecule has 5 nitrogen and oxygen atoms in total. The molecule has 18 heavy (non-hydrogen) atoms. The summed E-state index contributed by atoms with van der Waals surface area (Å²) in [7, 11) is 0. The monoisotopic (exact) mass is 243 g/mol. The highest BCUT2D eigenvalue weighted by atomic mass is 16.5. The van der Waals surface area contributed by atoms with E-state index in [1.807, 2.05) is 18.2 Å². The van der Waals surface area contributed by atoms with Crippen LogP contribution in [-0.4, -0.2) is 27.5 Å². The van der Waals surface area contributed by atoms with Crippen molar-refractivity contribution in [1.29, 1.82) is 0 Å². The predicted octanol–water partition coefficient (Wildman–Crippen LogP) is 1.86. The number of hydrogen-bond acceptors (Lipinski definition) is 4. The van der Waals surface area contributed by atoms with Gasteiger partial charge in [0.25, 0.3) is 0 Å². The Kier molecular flexibility index (Phi) is 2.80. The van der Waals surface area contributed by atoms with Crippen LogP contribution in [0.15, 0.2) is 35.1 Å². The molecule has 5 heteroatoms. The predicted molar refractivity (Wildman–Crippen MR) is 64.4 cm³/mol. The van der Waals surface area contributed by atoms with Gasteiger partial charge >= 0.3 is 0 Å². The molecule has 3 rings (SSSR count). The van der Waals surface area contributed by atoms with Crippen LogP contribution in [0.1, 0.15) is 18.6 Å². The molecule has 0 N–H and O–H groups in total. The topological polar surface area (TPSA) is 59.2 Å². The van der Waals surface area contributed by atoms with Crippen molar-refractivity contribution in [2.75, 3.05) is 6.54 Å². The SMILES string of the molecule is O=C1CCCN1Cc1cc(-c2cccnc2)no1. The van der Waals surface area contributed by atoms with E-state index in [0.717, 1.165) is 24.2 Å². The molecule has 2 aromatic heterocycles. The zero-order chi connectivity index (χ0) is 12.4. The number of nitrogens with zero attached hydrogens (tertiary/aromatic N) is 3. The lowest BCUT2D eigenvalue weighted by Crippen LogP contribution is -2.23. The molecule has 0 bridgehead atoms. The second-order valence-electron chi connectivity index (χ2n) is 4.34. The van der Waals surface area contributed by atoms with Crippen molar-refractivity contribution in [3.05, 3.63) is 36.4 Å². The van der Waals surface area contributed by atoms with Gasteiger partial charge in [0.05, 0.1) is 6.54 Å². The summed E-state index contributed by atoms with van der Waals surface area (Å²) in [5, 5.41) is 4.00. The second kappa shape index (κ2) is 4.60. The first-order valence-corrected chi connectivity index (χ1v) is 5.97. The Labute approximate surface area is 104 Å². The Balaban J connectivity index is 1.76. The van der Waals surface area contributed by atoms with Crippen LogP contribution in [0, 0.1) is 0 Å². The third-order valence-electron chi connectivity index (χ3n) is 3.03. The number of carbonyl (C=O) groups is 1. The van der Waals surface area contributed by atoms with Gasteiger partial charge in [0.15, 0.2) is 5.76 Å². The number of aromatic nitrogens is 2. The minimum atomic E-state index is 0.189. The molecule has 1 amide bonds. The maximum absolute atomic E-state index is 11.5. The van der Waals surface area contributed by atoms with Crippen LogP contribution in [0.25, 0.3) is 11.3 Å². The summed E-state index contributed by atoms with van der Waals surface area (Å²) in [4.78, 5) is 17.3. The van der Waals surface area contributed by atoms with Crippen molar-refractivity contribution < 1.29 is 9.32 Å². The molecule has 92 valence electrons. The van der Waals surface area contributed by atoms with Crippen LogP contribution >= 0.6 is 0 Å². The van der Waals surface area contributed by atoms with Gasteiger partial charge in [0, 0.05) is 37.0 Å². The molecule has 1 aliphatic rings. The van der Waals surface area contributed by atoms with Crippen LogP contribution in [0.2, 0.25) is 0 Å². The minimum absolute atomic E-state index is 0.189. The van der Waals surface area contributed by atoms with Gasteiger partial charge in [-0.2, -0.15) is 0 Å². The molecule has 0 atom stereocenters. The van der Waals surface area contributed by atoms with Crippen molar-refractivity contribution in [3.8, 4) is 11.3 Å². The summed E-state index contributed by atoms with van der Waals surface area (Å²) < 4.78 is 5.26. The van der Waals surface area contributed by atoms with Gasteiger partial charge in [-0.3, -0.25) is 9.78 Å². The summed E-state index contributed by atoms with van der Waals surface area (Å²) in [6, 6.07) is 5.64. The number of carbonyl (C=O) groups excluding carboxylic acids is 1. The highest BCUT2D eigenvalue weighted by Gasteiger charge is 2.21. The lowest BCUT2D eigenvalue weighted by Gasteiger charge is -2.12. The molecule has 0 unspecified atom stereocenters. The van der Waals surface area contributed by atoms with E-state index in [1.54, 1.807) is 17.3 Å². The van der Waals surface area contributed by atoms with Crippen molar-refractivity contribution in [1.82, 2.24) is 15.0 Å². The van der Waals surface area contributed by atoms with Crippen LogP contribution in [0.3, 0.4) is 0 Å². The maximum atomic E-state index is 11.5. The highest BCUT2D eigenvalue weighted by molar-refractivity contribution is 5.78. The van der Waals surface area contributed by atoms with E-state index < -0.39 is 0 Å². The van der Waals surface area contributed by atoms with Crippen molar-refractivity contribution in [2.45, 2.75) is 19.4 Å². The van der Waals surface area contributed by atoms with Crippen LogP contribution in [-0.2, 0) is 11.3 Å². The van der Waals surface area contributed by atoms with Crippen LogP contribution in [0.5, 0.6) is 0 Å². The van der Waals surface area contributed by atoms with E-state index in [0.29, 0.717) is 18.7 Å². The van der Waals surface area contributed by atoms with Crippen LogP contribution in [0.4, 0.5) is 0 Å². The summed E-state index contributed by atoms with van der Waals surface area (Å²) in [5.41, 5.74) is 1.67. The Morgan fingerprint density at radius 1 is 1.44 bits per heavy atom. The van der Waals surface area contributed by atoms with Gasteiger partial charge in [0.1, 0.15) is 5.69 Å². The van der Waals surface area contributed by atoms with Gasteiger partial charge in [0.2, 0.25) is 5.91 Å². The third kappa shape index (κ3) is 2.11. The average Bonchev–Trinajstić information content (AvgIpc) is 3.02. The number of rotatable bonds is 3. The summed E-state index contributed by atoms with van der Waals surface area (Å²) in [5.74, 6) is 0.901. The summed E-state index contributed by atoms with van der Waals surface area (Å²) >= 11 is 0. The van der Waals surface area contributed by atoms with Crippen molar-refractivity contribution in [3.63, 3.8) is 0 Å². The Morgan fingerprint density at radius 3 is 3.11 bits per heavy atom. The smallest absolute Gasteiger partial charge is 0.223 e. The molecule has 1 fully saturated rings. The molecule has 3 heterocycles. The molecule has 0 spiro atoms.